The number of anilines is 1. The van der Waals surface area contributed by atoms with Crippen LogP contribution < -0.4 is 9.46 Å². The number of hydrogen-bond acceptors (Lipinski definition) is 3. The van der Waals surface area contributed by atoms with Gasteiger partial charge in [-0.25, -0.2) is 12.8 Å². The van der Waals surface area contributed by atoms with Crippen molar-refractivity contribution in [2.75, 3.05) is 11.8 Å². The molecule has 20 heavy (non-hydrogen) atoms. The van der Waals surface area contributed by atoms with Gasteiger partial charge in [-0.1, -0.05) is 17.7 Å². The summed E-state index contributed by atoms with van der Waals surface area (Å²) in [6.45, 7) is 1.86. The molecule has 0 amide bonds. The van der Waals surface area contributed by atoms with Crippen molar-refractivity contribution in [1.82, 2.24) is 0 Å². The Balaban J connectivity index is 2.37. The monoisotopic (exact) mass is 295 g/mol. The zero-order valence-electron chi connectivity index (χ0n) is 11.1. The number of aryl methyl sites for hydroxylation is 1. The van der Waals surface area contributed by atoms with Crippen LogP contribution in [0.15, 0.2) is 47.4 Å². The molecule has 0 aliphatic heterocycles. The van der Waals surface area contributed by atoms with Crippen LogP contribution in [0.4, 0.5) is 10.1 Å². The van der Waals surface area contributed by atoms with Gasteiger partial charge < -0.3 is 4.74 Å². The van der Waals surface area contributed by atoms with E-state index in [9.17, 15) is 12.8 Å². The van der Waals surface area contributed by atoms with Crippen molar-refractivity contribution in [3.63, 3.8) is 0 Å². The van der Waals surface area contributed by atoms with Crippen molar-refractivity contribution in [3.8, 4) is 5.75 Å². The fourth-order valence-corrected chi connectivity index (χ4v) is 2.74. The zero-order chi connectivity index (χ0) is 14.8. The van der Waals surface area contributed by atoms with Crippen LogP contribution >= 0.6 is 0 Å². The third-order valence-electron chi connectivity index (χ3n) is 2.74. The Morgan fingerprint density at radius 2 is 1.75 bits per heavy atom. The molecule has 0 fully saturated rings. The Bertz CT molecular complexity index is 712. The first-order valence-corrected chi connectivity index (χ1v) is 7.34. The molecule has 0 saturated heterocycles. The Kier molecular flexibility index (Phi) is 3.94. The smallest absolute Gasteiger partial charge is 0.262 e. The molecule has 1 N–H and O–H groups in total. The van der Waals surface area contributed by atoms with Crippen LogP contribution in [0.2, 0.25) is 0 Å². The number of methoxy groups -OCH3 is 1. The first-order chi connectivity index (χ1) is 9.42. The van der Waals surface area contributed by atoms with E-state index in [0.29, 0.717) is 0 Å². The second kappa shape index (κ2) is 5.50. The second-order valence-corrected chi connectivity index (χ2v) is 5.95. The highest BCUT2D eigenvalue weighted by molar-refractivity contribution is 7.92. The van der Waals surface area contributed by atoms with Crippen molar-refractivity contribution in [3.05, 3.63) is 53.8 Å². The Morgan fingerprint density at radius 1 is 1.10 bits per heavy atom. The van der Waals surface area contributed by atoms with Crippen LogP contribution in [0.1, 0.15) is 5.56 Å². The van der Waals surface area contributed by atoms with Gasteiger partial charge in [0, 0.05) is 6.07 Å². The molecule has 106 valence electrons. The van der Waals surface area contributed by atoms with E-state index >= 15 is 0 Å². The molecular formula is C14H14FNO3S. The summed E-state index contributed by atoms with van der Waals surface area (Å²) in [7, 11) is -2.39. The van der Waals surface area contributed by atoms with Gasteiger partial charge in [-0.15, -0.1) is 0 Å². The summed E-state index contributed by atoms with van der Waals surface area (Å²) in [5.74, 6) is -0.297. The summed E-state index contributed by atoms with van der Waals surface area (Å²) >= 11 is 0. The van der Waals surface area contributed by atoms with Gasteiger partial charge >= 0.3 is 0 Å². The third kappa shape index (κ3) is 3.08. The molecular weight excluding hydrogens is 281 g/mol. The van der Waals surface area contributed by atoms with Gasteiger partial charge in [0.05, 0.1) is 17.7 Å². The summed E-state index contributed by atoms with van der Waals surface area (Å²) in [5, 5.41) is 0. The van der Waals surface area contributed by atoms with Crippen LogP contribution in [0.5, 0.6) is 5.75 Å². The number of ether oxygens (including phenoxy) is 1. The van der Waals surface area contributed by atoms with Gasteiger partial charge in [-0.3, -0.25) is 4.72 Å². The van der Waals surface area contributed by atoms with Crippen molar-refractivity contribution < 1.29 is 17.5 Å². The molecule has 2 rings (SSSR count). The molecule has 0 atom stereocenters. The quantitative estimate of drug-likeness (QED) is 0.943. The molecule has 2 aromatic carbocycles. The maximum Gasteiger partial charge on any atom is 0.262 e. The number of nitrogens with one attached hydrogen (secondary N) is 1. The first kappa shape index (κ1) is 14.3. The third-order valence-corrected chi connectivity index (χ3v) is 4.12. The lowest BCUT2D eigenvalue weighted by Gasteiger charge is -2.12. The number of benzene rings is 2. The summed E-state index contributed by atoms with van der Waals surface area (Å²) in [5.41, 5.74) is 1.01. The molecule has 0 saturated carbocycles. The van der Waals surface area contributed by atoms with Crippen molar-refractivity contribution >= 4 is 15.7 Å². The van der Waals surface area contributed by atoms with Crippen molar-refractivity contribution in [2.45, 2.75) is 11.8 Å². The minimum Gasteiger partial charge on any atom is -0.495 e. The average molecular weight is 295 g/mol. The highest BCUT2D eigenvalue weighted by Crippen LogP contribution is 2.27. The molecule has 0 radical (unpaired) electrons. The molecule has 0 unspecified atom stereocenters. The lowest BCUT2D eigenvalue weighted by molar-refractivity contribution is 0.416. The number of halogens is 1. The normalized spacial score (nSPS) is 11.2. The van der Waals surface area contributed by atoms with E-state index in [1.807, 2.05) is 6.92 Å². The molecule has 0 spiro atoms. The lowest BCUT2D eigenvalue weighted by atomic mass is 10.2. The van der Waals surface area contributed by atoms with E-state index in [1.165, 1.54) is 31.4 Å². The molecule has 0 bridgehead atoms. The molecule has 2 aromatic rings. The number of sulfonamides is 1. The van der Waals surface area contributed by atoms with E-state index < -0.39 is 15.8 Å². The van der Waals surface area contributed by atoms with E-state index in [2.05, 4.69) is 4.72 Å². The highest BCUT2D eigenvalue weighted by Gasteiger charge is 2.16. The fraction of sp³-hybridized carbons (Fsp3) is 0.143. The van der Waals surface area contributed by atoms with Crippen LogP contribution in [0.3, 0.4) is 0 Å². The first-order valence-electron chi connectivity index (χ1n) is 5.85. The van der Waals surface area contributed by atoms with Crippen LogP contribution in [-0.2, 0) is 10.0 Å². The average Bonchev–Trinajstić information content (AvgIpc) is 2.39. The second-order valence-electron chi connectivity index (χ2n) is 4.26. The molecule has 0 aromatic heterocycles. The van der Waals surface area contributed by atoms with Gasteiger partial charge in [-0.05, 0) is 31.2 Å². The summed E-state index contributed by atoms with van der Waals surface area (Å²) < 4.78 is 45.0. The van der Waals surface area contributed by atoms with E-state index in [0.717, 1.165) is 11.6 Å². The van der Waals surface area contributed by atoms with Gasteiger partial charge in [0.1, 0.15) is 11.6 Å². The SMILES string of the molecule is COc1ccc(F)cc1NS(=O)(=O)c1ccc(C)cc1. The van der Waals surface area contributed by atoms with Crippen LogP contribution in [0.25, 0.3) is 0 Å². The molecule has 6 heteroatoms. The summed E-state index contributed by atoms with van der Waals surface area (Å²) in [6, 6.07) is 10.00. The van der Waals surface area contributed by atoms with Crippen molar-refractivity contribution in [1.29, 1.82) is 0 Å². The molecule has 0 aliphatic rings. The van der Waals surface area contributed by atoms with Gasteiger partial charge in [0.25, 0.3) is 10.0 Å². The van der Waals surface area contributed by atoms with Gasteiger partial charge in [0.15, 0.2) is 0 Å². The Morgan fingerprint density at radius 3 is 2.35 bits per heavy atom. The lowest BCUT2D eigenvalue weighted by Crippen LogP contribution is -2.13. The zero-order valence-corrected chi connectivity index (χ0v) is 11.9. The number of rotatable bonds is 4. The minimum absolute atomic E-state index is 0.0630. The van der Waals surface area contributed by atoms with E-state index in [4.69, 9.17) is 4.74 Å². The fourth-order valence-electron chi connectivity index (χ4n) is 1.68. The highest BCUT2D eigenvalue weighted by atomic mass is 32.2. The van der Waals surface area contributed by atoms with E-state index in [1.54, 1.807) is 12.1 Å². The minimum atomic E-state index is -3.78. The standard InChI is InChI=1S/C14H14FNO3S/c1-10-3-6-12(7-4-10)20(17,18)16-13-9-11(15)5-8-14(13)19-2/h3-9,16H,1-2H3. The number of hydrogen-bond donors (Lipinski definition) is 1. The summed E-state index contributed by atoms with van der Waals surface area (Å²) in [4.78, 5) is 0.106. The molecule has 0 heterocycles. The van der Waals surface area contributed by atoms with E-state index in [-0.39, 0.29) is 16.3 Å². The predicted molar refractivity (Wildman–Crippen MR) is 74.9 cm³/mol. The van der Waals surface area contributed by atoms with Crippen molar-refractivity contribution in [2.24, 2.45) is 0 Å². The van der Waals surface area contributed by atoms with Gasteiger partial charge in [-0.2, -0.15) is 0 Å². The van der Waals surface area contributed by atoms with Gasteiger partial charge in [0.2, 0.25) is 0 Å². The van der Waals surface area contributed by atoms with Crippen LogP contribution in [0, 0.1) is 12.7 Å². The summed E-state index contributed by atoms with van der Waals surface area (Å²) in [6.07, 6.45) is 0. The Hall–Kier alpha value is -2.08. The molecule has 0 aliphatic carbocycles. The maximum absolute atomic E-state index is 13.2. The Labute approximate surface area is 117 Å². The maximum atomic E-state index is 13.2. The topological polar surface area (TPSA) is 55.4 Å². The largest absolute Gasteiger partial charge is 0.495 e. The molecule has 4 nitrogen and oxygen atoms in total. The van der Waals surface area contributed by atoms with Crippen LogP contribution in [-0.4, -0.2) is 15.5 Å². The predicted octanol–water partition coefficient (Wildman–Crippen LogP) is 2.94.